The molecule has 0 amide bonds. The summed E-state index contributed by atoms with van der Waals surface area (Å²) in [5.41, 5.74) is 2.98. The van der Waals surface area contributed by atoms with Gasteiger partial charge in [-0.1, -0.05) is 29.8 Å². The van der Waals surface area contributed by atoms with E-state index in [1.54, 1.807) is 0 Å². The smallest absolute Gasteiger partial charge is 0.310 e. The number of hydrogen-bond donors (Lipinski definition) is 1. The summed E-state index contributed by atoms with van der Waals surface area (Å²) in [6.45, 7) is 4.33. The van der Waals surface area contributed by atoms with E-state index in [4.69, 9.17) is 0 Å². The van der Waals surface area contributed by atoms with E-state index in [9.17, 15) is 18.5 Å². The summed E-state index contributed by atoms with van der Waals surface area (Å²) < 4.78 is 23.5. The normalized spacial score (nSPS) is 11.3. The van der Waals surface area contributed by atoms with Crippen molar-refractivity contribution in [2.24, 2.45) is 0 Å². The van der Waals surface area contributed by atoms with Crippen LogP contribution in [0.3, 0.4) is 0 Å². The third kappa shape index (κ3) is 3.87. The minimum absolute atomic E-state index is 0.193. The third-order valence-electron chi connectivity index (χ3n) is 3.55. The Bertz CT molecular complexity index is 860. The number of rotatable bonds is 5. The van der Waals surface area contributed by atoms with Crippen molar-refractivity contribution < 1.29 is 13.3 Å². The van der Waals surface area contributed by atoms with E-state index in [2.05, 4.69) is 5.32 Å². The first-order valence-electron chi connectivity index (χ1n) is 6.97. The van der Waals surface area contributed by atoms with Gasteiger partial charge in [-0.15, -0.1) is 0 Å². The molecule has 2 aromatic carbocycles. The van der Waals surface area contributed by atoms with Crippen LogP contribution in [0.15, 0.2) is 41.3 Å². The van der Waals surface area contributed by atoms with E-state index in [-0.39, 0.29) is 10.6 Å². The van der Waals surface area contributed by atoms with Crippen LogP contribution in [0.5, 0.6) is 0 Å². The van der Waals surface area contributed by atoms with Gasteiger partial charge in [0.25, 0.3) is 0 Å². The molecular formula is C16H18N2O4S. The molecule has 0 heterocycles. The van der Waals surface area contributed by atoms with Crippen LogP contribution in [0.4, 0.5) is 11.4 Å². The van der Waals surface area contributed by atoms with Gasteiger partial charge in [0.1, 0.15) is 10.6 Å². The first kappa shape index (κ1) is 17.0. The minimum Gasteiger partial charge on any atom is -0.375 e. The molecule has 0 aromatic heterocycles. The Morgan fingerprint density at radius 2 is 1.87 bits per heavy atom. The van der Waals surface area contributed by atoms with Crippen LogP contribution in [-0.2, 0) is 16.4 Å². The van der Waals surface area contributed by atoms with Crippen molar-refractivity contribution in [3.05, 3.63) is 63.2 Å². The third-order valence-corrected chi connectivity index (χ3v) is 4.68. The first-order chi connectivity index (χ1) is 10.7. The molecule has 0 aliphatic carbocycles. The lowest BCUT2D eigenvalue weighted by molar-refractivity contribution is -0.386. The van der Waals surface area contributed by atoms with Crippen LogP contribution in [0, 0.1) is 24.0 Å². The van der Waals surface area contributed by atoms with Gasteiger partial charge in [-0.05, 0) is 37.1 Å². The Labute approximate surface area is 135 Å². The molecule has 0 saturated heterocycles. The molecule has 0 atom stereocenters. The number of nitrogens with zero attached hydrogens (tertiary/aromatic N) is 1. The number of aryl methyl sites for hydroxylation is 2. The van der Waals surface area contributed by atoms with E-state index < -0.39 is 20.4 Å². The number of nitrogens with one attached hydrogen (secondary N) is 1. The van der Waals surface area contributed by atoms with E-state index in [0.717, 1.165) is 22.9 Å². The van der Waals surface area contributed by atoms with Gasteiger partial charge in [-0.3, -0.25) is 10.1 Å². The van der Waals surface area contributed by atoms with Crippen LogP contribution >= 0.6 is 0 Å². The van der Waals surface area contributed by atoms with Crippen molar-refractivity contribution in [1.82, 2.24) is 0 Å². The van der Waals surface area contributed by atoms with Crippen LogP contribution in [0.25, 0.3) is 0 Å². The highest BCUT2D eigenvalue weighted by atomic mass is 32.2. The lowest BCUT2D eigenvalue weighted by Gasteiger charge is -2.11. The standard InChI is InChI=1S/C16H18N2O4S/c1-11-7-8-13(12(2)9-11)10-17-14-5-4-6-15(23(3,21)22)16(14)18(19)20/h4-9,17H,10H2,1-3H3. The summed E-state index contributed by atoms with van der Waals surface area (Å²) in [6.07, 6.45) is 0.962. The van der Waals surface area contributed by atoms with Crippen LogP contribution in [0.1, 0.15) is 16.7 Å². The average Bonchev–Trinajstić information content (AvgIpc) is 2.44. The highest BCUT2D eigenvalue weighted by Crippen LogP contribution is 2.32. The van der Waals surface area contributed by atoms with Gasteiger partial charge >= 0.3 is 5.69 Å². The van der Waals surface area contributed by atoms with Gasteiger partial charge < -0.3 is 5.32 Å². The van der Waals surface area contributed by atoms with Gasteiger partial charge in [-0.2, -0.15) is 0 Å². The lowest BCUT2D eigenvalue weighted by atomic mass is 10.1. The molecule has 0 saturated carbocycles. The second kappa shape index (κ2) is 6.37. The summed E-state index contributed by atoms with van der Waals surface area (Å²) in [4.78, 5) is 10.4. The number of nitro groups is 1. The Hall–Kier alpha value is -2.41. The molecule has 1 N–H and O–H groups in total. The van der Waals surface area contributed by atoms with Crippen LogP contribution in [0.2, 0.25) is 0 Å². The van der Waals surface area contributed by atoms with Gasteiger partial charge in [0.2, 0.25) is 0 Å². The lowest BCUT2D eigenvalue weighted by Crippen LogP contribution is -2.08. The Balaban J connectivity index is 2.39. The molecule has 2 aromatic rings. The number of hydrogen-bond acceptors (Lipinski definition) is 5. The number of anilines is 1. The second-order valence-corrected chi connectivity index (χ2v) is 7.45. The SMILES string of the molecule is Cc1ccc(CNc2cccc(S(C)(=O)=O)c2[N+](=O)[O-])c(C)c1. The highest BCUT2D eigenvalue weighted by Gasteiger charge is 2.25. The summed E-state index contributed by atoms with van der Waals surface area (Å²) in [5.74, 6) is 0. The number of nitro benzene ring substituents is 1. The maximum absolute atomic E-state index is 11.7. The Morgan fingerprint density at radius 1 is 1.17 bits per heavy atom. The molecule has 0 aliphatic rings. The predicted octanol–water partition coefficient (Wildman–Crippen LogP) is 3.23. The summed E-state index contributed by atoms with van der Waals surface area (Å²) >= 11 is 0. The molecule has 0 unspecified atom stereocenters. The summed E-state index contributed by atoms with van der Waals surface area (Å²) in [5, 5.41) is 14.3. The van der Waals surface area contributed by atoms with Crippen molar-refractivity contribution in [1.29, 1.82) is 0 Å². The predicted molar refractivity (Wildman–Crippen MR) is 89.4 cm³/mol. The molecule has 2 rings (SSSR count). The van der Waals surface area contributed by atoms with Crippen molar-refractivity contribution in [2.45, 2.75) is 25.3 Å². The fraction of sp³-hybridized carbons (Fsp3) is 0.250. The number of sulfone groups is 1. The van der Waals surface area contributed by atoms with Gasteiger partial charge in [0.15, 0.2) is 9.84 Å². The van der Waals surface area contributed by atoms with E-state index in [1.807, 2.05) is 32.0 Å². The zero-order chi connectivity index (χ0) is 17.2. The van der Waals surface area contributed by atoms with E-state index in [0.29, 0.717) is 6.54 Å². The van der Waals surface area contributed by atoms with Gasteiger partial charge in [0, 0.05) is 12.8 Å². The van der Waals surface area contributed by atoms with E-state index in [1.165, 1.54) is 18.2 Å². The Kier molecular flexibility index (Phi) is 4.70. The van der Waals surface area contributed by atoms with E-state index >= 15 is 0 Å². The quantitative estimate of drug-likeness (QED) is 0.670. The van der Waals surface area contributed by atoms with Crippen molar-refractivity contribution >= 4 is 21.2 Å². The zero-order valence-electron chi connectivity index (χ0n) is 13.2. The maximum atomic E-state index is 11.7. The highest BCUT2D eigenvalue weighted by molar-refractivity contribution is 7.90. The van der Waals surface area contributed by atoms with Crippen molar-refractivity contribution in [2.75, 3.05) is 11.6 Å². The van der Waals surface area contributed by atoms with Crippen molar-refractivity contribution in [3.63, 3.8) is 0 Å². The molecule has 7 heteroatoms. The average molecular weight is 334 g/mol. The molecule has 6 nitrogen and oxygen atoms in total. The number of para-hydroxylation sites is 1. The first-order valence-corrected chi connectivity index (χ1v) is 8.87. The zero-order valence-corrected chi connectivity index (χ0v) is 14.0. The Morgan fingerprint density at radius 3 is 2.43 bits per heavy atom. The maximum Gasteiger partial charge on any atom is 0.310 e. The van der Waals surface area contributed by atoms with Gasteiger partial charge in [0.05, 0.1) is 4.92 Å². The molecule has 0 spiro atoms. The van der Waals surface area contributed by atoms with Crippen LogP contribution < -0.4 is 5.32 Å². The fourth-order valence-electron chi connectivity index (χ4n) is 2.39. The van der Waals surface area contributed by atoms with Crippen LogP contribution in [-0.4, -0.2) is 19.6 Å². The molecule has 0 aliphatic heterocycles. The monoisotopic (exact) mass is 334 g/mol. The summed E-state index contributed by atoms with van der Waals surface area (Å²) in [6, 6.07) is 10.2. The molecule has 0 bridgehead atoms. The largest absolute Gasteiger partial charge is 0.375 e. The topological polar surface area (TPSA) is 89.3 Å². The molecular weight excluding hydrogens is 316 g/mol. The van der Waals surface area contributed by atoms with Crippen molar-refractivity contribution in [3.8, 4) is 0 Å². The second-order valence-electron chi connectivity index (χ2n) is 5.47. The van der Waals surface area contributed by atoms with Gasteiger partial charge in [-0.25, -0.2) is 8.42 Å². The summed E-state index contributed by atoms with van der Waals surface area (Å²) in [7, 11) is -3.68. The number of benzene rings is 2. The molecule has 23 heavy (non-hydrogen) atoms. The fourth-order valence-corrected chi connectivity index (χ4v) is 3.25. The molecule has 122 valence electrons. The minimum atomic E-state index is -3.68. The molecule has 0 fully saturated rings. The molecule has 0 radical (unpaired) electrons.